The fraction of sp³-hybridized carbons (Fsp3) is 0.250. The lowest BCUT2D eigenvalue weighted by Gasteiger charge is -2.17. The predicted molar refractivity (Wildman–Crippen MR) is 61.0 cm³/mol. The number of rotatable bonds is 1. The maximum absolute atomic E-state index is 10.7. The lowest BCUT2D eigenvalue weighted by molar-refractivity contribution is 0.112. The van der Waals surface area contributed by atoms with E-state index in [0.29, 0.717) is 0 Å². The molecule has 0 amide bonds. The van der Waals surface area contributed by atoms with E-state index in [9.17, 15) is 4.79 Å². The highest BCUT2D eigenvalue weighted by Crippen LogP contribution is 2.36. The van der Waals surface area contributed by atoms with E-state index < -0.39 is 0 Å². The third-order valence-corrected chi connectivity index (χ3v) is 3.85. The van der Waals surface area contributed by atoms with Crippen LogP contribution in [0.4, 0.5) is 0 Å². The summed E-state index contributed by atoms with van der Waals surface area (Å²) in [6.07, 6.45) is 3.05. The monoisotopic (exact) mass is 218 g/mol. The lowest BCUT2D eigenvalue weighted by Crippen LogP contribution is -2.07. The zero-order chi connectivity index (χ0) is 10.3. The van der Waals surface area contributed by atoms with Gasteiger partial charge in [-0.1, -0.05) is 0 Å². The van der Waals surface area contributed by atoms with Crippen LogP contribution in [0.5, 0.6) is 5.75 Å². The van der Waals surface area contributed by atoms with Gasteiger partial charge in [0.15, 0.2) is 6.29 Å². The Morgan fingerprint density at radius 3 is 3.20 bits per heavy atom. The molecule has 1 aliphatic rings. The molecule has 0 bridgehead atoms. The molecule has 0 saturated heterocycles. The van der Waals surface area contributed by atoms with Crippen molar-refractivity contribution in [1.29, 1.82) is 0 Å². The summed E-state index contributed by atoms with van der Waals surface area (Å²) in [5.41, 5.74) is 1.27. The second kappa shape index (κ2) is 3.35. The Morgan fingerprint density at radius 2 is 2.33 bits per heavy atom. The molecule has 76 valence electrons. The van der Waals surface area contributed by atoms with E-state index in [4.69, 9.17) is 4.74 Å². The Hall–Kier alpha value is -1.35. The van der Waals surface area contributed by atoms with Crippen LogP contribution in [0.15, 0.2) is 18.2 Å². The zero-order valence-corrected chi connectivity index (χ0v) is 8.97. The van der Waals surface area contributed by atoms with Crippen LogP contribution >= 0.6 is 11.3 Å². The molecule has 1 aromatic heterocycles. The summed E-state index contributed by atoms with van der Waals surface area (Å²) >= 11 is 1.56. The van der Waals surface area contributed by atoms with E-state index in [-0.39, 0.29) is 0 Å². The first-order valence-corrected chi connectivity index (χ1v) is 5.83. The lowest BCUT2D eigenvalue weighted by atomic mass is 10.0. The van der Waals surface area contributed by atoms with Gasteiger partial charge in [0.05, 0.1) is 11.5 Å². The quantitative estimate of drug-likeness (QED) is 0.688. The summed E-state index contributed by atoms with van der Waals surface area (Å²) < 4.78 is 6.81. The van der Waals surface area contributed by atoms with Crippen molar-refractivity contribution < 1.29 is 9.53 Å². The number of benzene rings is 1. The molecule has 0 unspecified atom stereocenters. The van der Waals surface area contributed by atoms with Crippen molar-refractivity contribution in [2.24, 2.45) is 0 Å². The number of aldehydes is 1. The maximum atomic E-state index is 10.7. The van der Waals surface area contributed by atoms with Crippen molar-refractivity contribution in [2.75, 3.05) is 6.61 Å². The van der Waals surface area contributed by atoms with E-state index >= 15 is 0 Å². The predicted octanol–water partition coefficient (Wildman–Crippen LogP) is 3.04. The fourth-order valence-corrected chi connectivity index (χ4v) is 3.06. The zero-order valence-electron chi connectivity index (χ0n) is 8.16. The summed E-state index contributed by atoms with van der Waals surface area (Å²) in [5, 5.41) is 1.16. The van der Waals surface area contributed by atoms with Crippen molar-refractivity contribution in [3.05, 3.63) is 28.6 Å². The van der Waals surface area contributed by atoms with Crippen LogP contribution in [0, 0.1) is 0 Å². The van der Waals surface area contributed by atoms with E-state index in [2.05, 4.69) is 0 Å². The molecule has 0 N–H and O–H groups in total. The number of ether oxygens (including phenoxy) is 1. The number of fused-ring (bicyclic) bond motifs is 3. The molecular weight excluding hydrogens is 208 g/mol. The first kappa shape index (κ1) is 8.92. The minimum absolute atomic E-state index is 0.795. The van der Waals surface area contributed by atoms with Gasteiger partial charge in [-0.15, -0.1) is 11.3 Å². The van der Waals surface area contributed by atoms with Gasteiger partial charge in [-0.05, 0) is 36.4 Å². The normalized spacial score (nSPS) is 14.7. The van der Waals surface area contributed by atoms with Crippen LogP contribution in [-0.4, -0.2) is 12.9 Å². The molecular formula is C12H10O2S. The molecule has 3 rings (SSSR count). The second-order valence-corrected chi connectivity index (χ2v) is 4.76. The number of hydrogen-bond acceptors (Lipinski definition) is 3. The molecule has 1 aliphatic heterocycles. The standard InChI is InChI=1S/C12H10O2S/c13-7-9-6-8-3-4-11-10(12(8)15-9)2-1-5-14-11/h3-4,6-7H,1-2,5H2. The molecule has 0 radical (unpaired) electrons. The molecule has 0 saturated carbocycles. The number of carbonyl (C=O) groups excluding carboxylic acids is 1. The molecule has 3 heteroatoms. The average molecular weight is 218 g/mol. The maximum Gasteiger partial charge on any atom is 0.160 e. The van der Waals surface area contributed by atoms with Crippen molar-refractivity contribution in [2.45, 2.75) is 12.8 Å². The van der Waals surface area contributed by atoms with E-state index in [0.717, 1.165) is 41.7 Å². The van der Waals surface area contributed by atoms with Gasteiger partial charge in [0, 0.05) is 10.3 Å². The molecule has 1 aromatic carbocycles. The Labute approximate surface area is 91.5 Å². The van der Waals surface area contributed by atoms with Gasteiger partial charge in [0.2, 0.25) is 0 Å². The van der Waals surface area contributed by atoms with Gasteiger partial charge in [-0.2, -0.15) is 0 Å². The Bertz CT molecular complexity index is 528. The topological polar surface area (TPSA) is 26.3 Å². The Morgan fingerprint density at radius 1 is 1.40 bits per heavy atom. The molecule has 2 nitrogen and oxygen atoms in total. The second-order valence-electron chi connectivity index (χ2n) is 3.68. The van der Waals surface area contributed by atoms with Crippen molar-refractivity contribution in [3.8, 4) is 5.75 Å². The highest BCUT2D eigenvalue weighted by molar-refractivity contribution is 7.20. The number of aryl methyl sites for hydroxylation is 1. The molecule has 2 heterocycles. The number of carbonyl (C=O) groups is 1. The summed E-state index contributed by atoms with van der Waals surface area (Å²) in [6, 6.07) is 5.99. The first-order chi connectivity index (χ1) is 7.38. The number of thiophene rings is 1. The van der Waals surface area contributed by atoms with Crippen LogP contribution in [0.3, 0.4) is 0 Å². The molecule has 15 heavy (non-hydrogen) atoms. The highest BCUT2D eigenvalue weighted by Gasteiger charge is 2.15. The summed E-state index contributed by atoms with van der Waals surface area (Å²) in [4.78, 5) is 11.5. The van der Waals surface area contributed by atoms with Gasteiger partial charge < -0.3 is 4.74 Å². The van der Waals surface area contributed by atoms with Crippen molar-refractivity contribution in [1.82, 2.24) is 0 Å². The van der Waals surface area contributed by atoms with Crippen molar-refractivity contribution in [3.63, 3.8) is 0 Å². The van der Waals surface area contributed by atoms with Gasteiger partial charge >= 0.3 is 0 Å². The third kappa shape index (κ3) is 1.35. The Kier molecular flexibility index (Phi) is 1.99. The largest absolute Gasteiger partial charge is 0.493 e. The van der Waals surface area contributed by atoms with Gasteiger partial charge in [0.1, 0.15) is 5.75 Å². The van der Waals surface area contributed by atoms with Gasteiger partial charge in [-0.3, -0.25) is 4.79 Å². The SMILES string of the molecule is O=Cc1cc2ccc3c(c2s1)CCCO3. The minimum Gasteiger partial charge on any atom is -0.493 e. The van der Waals surface area contributed by atoms with Crippen LogP contribution < -0.4 is 4.74 Å². The highest BCUT2D eigenvalue weighted by atomic mass is 32.1. The number of hydrogen-bond donors (Lipinski definition) is 0. The van der Waals surface area contributed by atoms with Crippen molar-refractivity contribution >= 4 is 27.7 Å². The summed E-state index contributed by atoms with van der Waals surface area (Å²) in [7, 11) is 0. The molecule has 0 atom stereocenters. The van der Waals surface area contributed by atoms with Gasteiger partial charge in [-0.25, -0.2) is 0 Å². The molecule has 2 aromatic rings. The first-order valence-electron chi connectivity index (χ1n) is 5.02. The van der Waals surface area contributed by atoms with Crippen LogP contribution in [0.1, 0.15) is 21.7 Å². The molecule has 0 fully saturated rings. The van der Waals surface area contributed by atoms with E-state index in [1.807, 2.05) is 18.2 Å². The fourth-order valence-electron chi connectivity index (χ4n) is 2.02. The molecule has 0 aliphatic carbocycles. The van der Waals surface area contributed by atoms with Crippen LogP contribution in [0.25, 0.3) is 10.1 Å². The molecule has 0 spiro atoms. The smallest absolute Gasteiger partial charge is 0.160 e. The summed E-state index contributed by atoms with van der Waals surface area (Å²) in [6.45, 7) is 0.810. The van der Waals surface area contributed by atoms with Crippen LogP contribution in [-0.2, 0) is 6.42 Å². The van der Waals surface area contributed by atoms with Gasteiger partial charge in [0.25, 0.3) is 0 Å². The average Bonchev–Trinajstić information content (AvgIpc) is 2.72. The van der Waals surface area contributed by atoms with Crippen LogP contribution in [0.2, 0.25) is 0 Å². The minimum atomic E-state index is 0.795. The third-order valence-electron chi connectivity index (χ3n) is 2.71. The van der Waals surface area contributed by atoms with E-state index in [1.165, 1.54) is 10.3 Å². The Balaban J connectivity index is 2.30. The summed E-state index contributed by atoms with van der Waals surface area (Å²) in [5.74, 6) is 0.994. The van der Waals surface area contributed by atoms with E-state index in [1.54, 1.807) is 11.3 Å².